The Labute approximate surface area is 178 Å². The first-order chi connectivity index (χ1) is 14.9. The van der Waals surface area contributed by atoms with Crippen LogP contribution < -0.4 is 15.8 Å². The summed E-state index contributed by atoms with van der Waals surface area (Å²) in [5, 5.41) is 2.39. The first-order valence-electron chi connectivity index (χ1n) is 10.4. The molecule has 1 saturated heterocycles. The molecule has 0 bridgehead atoms. The van der Waals surface area contributed by atoms with Crippen LogP contribution in [0.2, 0.25) is 0 Å². The third-order valence-corrected chi connectivity index (χ3v) is 5.67. The highest BCUT2D eigenvalue weighted by molar-refractivity contribution is 5.92. The summed E-state index contributed by atoms with van der Waals surface area (Å²) in [6.45, 7) is 6.92. The minimum Gasteiger partial charge on any atom is -0.365 e. The molecule has 3 aromatic heterocycles. The second-order valence-corrected chi connectivity index (χ2v) is 7.81. The molecule has 1 amide bonds. The van der Waals surface area contributed by atoms with Gasteiger partial charge in [0.15, 0.2) is 11.5 Å². The lowest BCUT2D eigenvalue weighted by atomic mass is 10.1. The number of amides is 1. The Morgan fingerprint density at radius 1 is 1.35 bits per heavy atom. The molecule has 0 saturated carbocycles. The number of aryl methyl sites for hydroxylation is 1. The number of nitrogens with zero attached hydrogens (tertiary/aromatic N) is 5. The summed E-state index contributed by atoms with van der Waals surface area (Å²) in [5.41, 5.74) is 1.97. The highest BCUT2D eigenvalue weighted by Crippen LogP contribution is 2.22. The van der Waals surface area contributed by atoms with Gasteiger partial charge in [-0.1, -0.05) is 6.92 Å². The first kappa shape index (κ1) is 21.0. The molecule has 0 aromatic carbocycles. The standard InChI is InChI=1S/C21H26FN7O2/c1-4-14-10-28-12-15(25-21(28)26-19(14)30)11-27-5-6-29(13(2)9-27)16-7-17(22)18(24-8-16)20(31)23-3/h7-8,10,12-13H,4-6,9,11H2,1-3H3,(H,23,31)(H,25,26,30). The number of rotatable bonds is 5. The maximum Gasteiger partial charge on any atom is 0.272 e. The molecule has 1 unspecified atom stereocenters. The van der Waals surface area contributed by atoms with Crippen LogP contribution in [0, 0.1) is 5.82 Å². The number of anilines is 1. The smallest absolute Gasteiger partial charge is 0.272 e. The van der Waals surface area contributed by atoms with Crippen molar-refractivity contribution in [1.29, 1.82) is 0 Å². The molecule has 3 aromatic rings. The average Bonchev–Trinajstić information content (AvgIpc) is 3.13. The van der Waals surface area contributed by atoms with E-state index < -0.39 is 11.7 Å². The molecule has 4 heterocycles. The fourth-order valence-corrected chi connectivity index (χ4v) is 4.03. The van der Waals surface area contributed by atoms with E-state index in [9.17, 15) is 14.0 Å². The third kappa shape index (κ3) is 4.15. The molecule has 164 valence electrons. The van der Waals surface area contributed by atoms with Crippen LogP contribution in [0.5, 0.6) is 0 Å². The predicted molar refractivity (Wildman–Crippen MR) is 115 cm³/mol. The van der Waals surface area contributed by atoms with Crippen molar-refractivity contribution < 1.29 is 9.18 Å². The quantitative estimate of drug-likeness (QED) is 0.635. The van der Waals surface area contributed by atoms with Crippen molar-refractivity contribution in [3.05, 3.63) is 57.8 Å². The lowest BCUT2D eigenvalue weighted by Gasteiger charge is -2.41. The number of fused-ring (bicyclic) bond motifs is 1. The van der Waals surface area contributed by atoms with Crippen LogP contribution in [-0.4, -0.2) is 62.9 Å². The number of piperazine rings is 1. The van der Waals surface area contributed by atoms with Crippen LogP contribution in [0.25, 0.3) is 5.78 Å². The Balaban J connectivity index is 1.45. The van der Waals surface area contributed by atoms with Crippen LogP contribution in [0.3, 0.4) is 0 Å². The zero-order chi connectivity index (χ0) is 22.1. The van der Waals surface area contributed by atoms with E-state index in [2.05, 4.69) is 37.0 Å². The number of aromatic amines is 1. The summed E-state index contributed by atoms with van der Waals surface area (Å²) in [7, 11) is 1.45. The van der Waals surface area contributed by atoms with E-state index in [0.717, 1.165) is 24.3 Å². The van der Waals surface area contributed by atoms with E-state index in [1.54, 1.807) is 6.20 Å². The summed E-state index contributed by atoms with van der Waals surface area (Å²) < 4.78 is 16.2. The number of imidazole rings is 1. The van der Waals surface area contributed by atoms with Gasteiger partial charge < -0.3 is 10.2 Å². The van der Waals surface area contributed by atoms with E-state index in [4.69, 9.17) is 0 Å². The lowest BCUT2D eigenvalue weighted by molar-refractivity contribution is 0.0953. The van der Waals surface area contributed by atoms with Crippen molar-refractivity contribution in [2.24, 2.45) is 0 Å². The van der Waals surface area contributed by atoms with Gasteiger partial charge in [-0.2, -0.15) is 0 Å². The van der Waals surface area contributed by atoms with Crippen LogP contribution in [-0.2, 0) is 13.0 Å². The molecule has 2 N–H and O–H groups in total. The summed E-state index contributed by atoms with van der Waals surface area (Å²) >= 11 is 0. The maximum absolute atomic E-state index is 14.3. The van der Waals surface area contributed by atoms with Gasteiger partial charge in [0, 0.05) is 63.3 Å². The van der Waals surface area contributed by atoms with E-state index in [-0.39, 0.29) is 17.3 Å². The lowest BCUT2D eigenvalue weighted by Crippen LogP contribution is -2.51. The topological polar surface area (TPSA) is 98.6 Å². The maximum atomic E-state index is 14.3. The molecule has 0 spiro atoms. The molecule has 9 nitrogen and oxygen atoms in total. The van der Waals surface area contributed by atoms with Gasteiger partial charge in [0.2, 0.25) is 5.78 Å². The zero-order valence-electron chi connectivity index (χ0n) is 17.9. The van der Waals surface area contributed by atoms with Crippen molar-refractivity contribution in [3.8, 4) is 0 Å². The fourth-order valence-electron chi connectivity index (χ4n) is 4.03. The molecule has 1 fully saturated rings. The number of aromatic nitrogens is 4. The normalized spacial score (nSPS) is 17.3. The van der Waals surface area contributed by atoms with E-state index in [0.29, 0.717) is 31.0 Å². The Morgan fingerprint density at radius 2 is 2.16 bits per heavy atom. The Kier molecular flexibility index (Phi) is 5.73. The van der Waals surface area contributed by atoms with Crippen molar-refractivity contribution in [2.75, 3.05) is 31.6 Å². The highest BCUT2D eigenvalue weighted by Gasteiger charge is 2.26. The van der Waals surface area contributed by atoms with Gasteiger partial charge in [-0.25, -0.2) is 14.4 Å². The number of carbonyl (C=O) groups is 1. The Bertz CT molecular complexity index is 1170. The number of pyridine rings is 1. The summed E-state index contributed by atoms with van der Waals surface area (Å²) in [4.78, 5) is 39.4. The van der Waals surface area contributed by atoms with Crippen molar-refractivity contribution in [1.82, 2.24) is 29.6 Å². The SMILES string of the molecule is CCc1cn2cc(CN3CCN(c4cnc(C(=O)NC)c(F)c4)C(C)C3)nc2[nH]c1=O. The van der Waals surface area contributed by atoms with Crippen molar-refractivity contribution in [2.45, 2.75) is 32.9 Å². The van der Waals surface area contributed by atoms with Crippen LogP contribution in [0.4, 0.5) is 10.1 Å². The van der Waals surface area contributed by atoms with Gasteiger partial charge in [0.25, 0.3) is 11.5 Å². The van der Waals surface area contributed by atoms with Crippen molar-refractivity contribution >= 4 is 17.4 Å². The monoisotopic (exact) mass is 427 g/mol. The molecule has 4 rings (SSSR count). The van der Waals surface area contributed by atoms with E-state index >= 15 is 0 Å². The Hall–Kier alpha value is -3.27. The van der Waals surface area contributed by atoms with Gasteiger partial charge in [-0.05, 0) is 13.3 Å². The van der Waals surface area contributed by atoms with Gasteiger partial charge in [0.05, 0.1) is 17.6 Å². The second kappa shape index (κ2) is 8.46. The minimum atomic E-state index is -0.628. The number of nitrogens with one attached hydrogen (secondary N) is 2. The number of hydrogen-bond acceptors (Lipinski definition) is 6. The molecule has 0 aliphatic carbocycles. The van der Waals surface area contributed by atoms with Gasteiger partial charge in [-0.3, -0.25) is 23.9 Å². The summed E-state index contributed by atoms with van der Waals surface area (Å²) in [6.07, 6.45) is 5.98. The molecule has 1 aliphatic heterocycles. The van der Waals surface area contributed by atoms with E-state index in [1.165, 1.54) is 13.1 Å². The van der Waals surface area contributed by atoms with Gasteiger partial charge in [0.1, 0.15) is 0 Å². The van der Waals surface area contributed by atoms with Crippen LogP contribution in [0.1, 0.15) is 35.6 Å². The average molecular weight is 427 g/mol. The Morgan fingerprint density at radius 3 is 2.84 bits per heavy atom. The largest absolute Gasteiger partial charge is 0.365 e. The molecule has 31 heavy (non-hydrogen) atoms. The number of H-pyrrole nitrogens is 1. The summed E-state index contributed by atoms with van der Waals surface area (Å²) in [6, 6.07) is 1.50. The molecular weight excluding hydrogens is 401 g/mol. The first-order valence-corrected chi connectivity index (χ1v) is 10.4. The van der Waals surface area contributed by atoms with Gasteiger partial charge in [-0.15, -0.1) is 0 Å². The number of carbonyl (C=O) groups excluding carboxylic acids is 1. The van der Waals surface area contributed by atoms with Crippen LogP contribution in [0.15, 0.2) is 29.5 Å². The number of hydrogen-bond donors (Lipinski definition) is 2. The minimum absolute atomic E-state index is 0.0994. The van der Waals surface area contributed by atoms with Gasteiger partial charge >= 0.3 is 0 Å². The van der Waals surface area contributed by atoms with E-state index in [1.807, 2.05) is 23.7 Å². The molecule has 10 heteroatoms. The molecule has 1 aliphatic rings. The molecule has 0 radical (unpaired) electrons. The molecular formula is C21H26FN7O2. The highest BCUT2D eigenvalue weighted by atomic mass is 19.1. The van der Waals surface area contributed by atoms with Crippen molar-refractivity contribution in [3.63, 3.8) is 0 Å². The number of halogens is 1. The summed E-state index contributed by atoms with van der Waals surface area (Å²) in [5.74, 6) is -0.625. The third-order valence-electron chi connectivity index (χ3n) is 5.67. The predicted octanol–water partition coefficient (Wildman–Crippen LogP) is 1.19. The fraction of sp³-hybridized carbons (Fsp3) is 0.429. The molecule has 1 atom stereocenters. The second-order valence-electron chi connectivity index (χ2n) is 7.81. The zero-order valence-corrected chi connectivity index (χ0v) is 17.9. The van der Waals surface area contributed by atoms with Crippen LogP contribution >= 0.6 is 0 Å².